The molecule has 2 amide bonds. The Morgan fingerprint density at radius 3 is 2.43 bits per heavy atom. The van der Waals surface area contributed by atoms with E-state index in [0.29, 0.717) is 23.9 Å². The minimum atomic E-state index is -0.111. The molecular formula is C22H23ClN2O3. The Labute approximate surface area is 169 Å². The van der Waals surface area contributed by atoms with Crippen LogP contribution < -0.4 is 10.1 Å². The van der Waals surface area contributed by atoms with Crippen molar-refractivity contribution in [2.45, 2.75) is 18.9 Å². The largest absolute Gasteiger partial charge is 0.484 e. The fourth-order valence-corrected chi connectivity index (χ4v) is 3.15. The van der Waals surface area contributed by atoms with E-state index in [4.69, 9.17) is 16.3 Å². The SMILES string of the molecule is O=C(/C=C/c1ccccc1)NC1CCN(C(=O)COc2ccc(Cl)cc2)CC1. The van der Waals surface area contributed by atoms with E-state index in [9.17, 15) is 9.59 Å². The zero-order valence-corrected chi connectivity index (χ0v) is 16.3. The number of amides is 2. The minimum Gasteiger partial charge on any atom is -0.484 e. The number of halogens is 1. The molecule has 2 aromatic carbocycles. The van der Waals surface area contributed by atoms with E-state index >= 15 is 0 Å². The van der Waals surface area contributed by atoms with Crippen molar-refractivity contribution in [3.63, 3.8) is 0 Å². The fourth-order valence-electron chi connectivity index (χ4n) is 3.03. The van der Waals surface area contributed by atoms with Gasteiger partial charge in [-0.15, -0.1) is 0 Å². The van der Waals surface area contributed by atoms with Crippen LogP contribution in [0, 0.1) is 0 Å². The zero-order valence-electron chi connectivity index (χ0n) is 15.5. The Kier molecular flexibility index (Phi) is 7.09. The van der Waals surface area contributed by atoms with E-state index in [0.717, 1.165) is 18.4 Å². The minimum absolute atomic E-state index is 0.00152. The predicted octanol–water partition coefficient (Wildman–Crippen LogP) is 3.54. The summed E-state index contributed by atoms with van der Waals surface area (Å²) in [6.07, 6.45) is 4.81. The van der Waals surface area contributed by atoms with E-state index in [2.05, 4.69) is 5.32 Å². The third kappa shape index (κ3) is 6.13. The van der Waals surface area contributed by atoms with Crippen molar-refractivity contribution >= 4 is 29.5 Å². The zero-order chi connectivity index (χ0) is 19.8. The first-order chi connectivity index (χ1) is 13.6. The quantitative estimate of drug-likeness (QED) is 0.757. The second kappa shape index (κ2) is 9.95. The van der Waals surface area contributed by atoms with Crippen LogP contribution in [-0.4, -0.2) is 42.5 Å². The Hall–Kier alpha value is -2.79. The lowest BCUT2D eigenvalue weighted by Crippen LogP contribution is -2.47. The van der Waals surface area contributed by atoms with Gasteiger partial charge in [-0.2, -0.15) is 0 Å². The molecular weight excluding hydrogens is 376 g/mol. The molecule has 0 spiro atoms. The van der Waals surface area contributed by atoms with Crippen LogP contribution in [0.2, 0.25) is 5.02 Å². The number of hydrogen-bond acceptors (Lipinski definition) is 3. The monoisotopic (exact) mass is 398 g/mol. The van der Waals surface area contributed by atoms with Crippen molar-refractivity contribution in [2.24, 2.45) is 0 Å². The van der Waals surface area contributed by atoms with Gasteiger partial charge in [0.1, 0.15) is 5.75 Å². The fraction of sp³-hybridized carbons (Fsp3) is 0.273. The highest BCUT2D eigenvalue weighted by Crippen LogP contribution is 2.16. The first kappa shape index (κ1) is 20.0. The summed E-state index contributed by atoms with van der Waals surface area (Å²) in [6, 6.07) is 16.7. The topological polar surface area (TPSA) is 58.6 Å². The summed E-state index contributed by atoms with van der Waals surface area (Å²) in [4.78, 5) is 26.2. The van der Waals surface area contributed by atoms with E-state index in [1.807, 2.05) is 30.3 Å². The molecule has 0 bridgehead atoms. The van der Waals surface area contributed by atoms with E-state index in [1.165, 1.54) is 0 Å². The lowest BCUT2D eigenvalue weighted by Gasteiger charge is -2.32. The summed E-state index contributed by atoms with van der Waals surface area (Å²) in [7, 11) is 0. The van der Waals surface area contributed by atoms with Gasteiger partial charge in [-0.1, -0.05) is 41.9 Å². The smallest absolute Gasteiger partial charge is 0.260 e. The van der Waals surface area contributed by atoms with Crippen LogP contribution in [-0.2, 0) is 9.59 Å². The second-order valence-corrected chi connectivity index (χ2v) is 7.09. The number of likely N-dealkylation sites (tertiary alicyclic amines) is 1. The molecule has 28 heavy (non-hydrogen) atoms. The van der Waals surface area contributed by atoms with Crippen molar-refractivity contribution in [3.8, 4) is 5.75 Å². The van der Waals surface area contributed by atoms with Gasteiger partial charge in [-0.25, -0.2) is 0 Å². The number of rotatable bonds is 6. The number of carbonyl (C=O) groups is 2. The van der Waals surface area contributed by atoms with Gasteiger partial charge < -0.3 is 15.0 Å². The van der Waals surface area contributed by atoms with Crippen molar-refractivity contribution < 1.29 is 14.3 Å². The van der Waals surface area contributed by atoms with Gasteiger partial charge in [0.05, 0.1) is 0 Å². The number of nitrogens with zero attached hydrogens (tertiary/aromatic N) is 1. The number of benzene rings is 2. The third-order valence-corrected chi connectivity index (χ3v) is 4.85. The molecule has 0 aromatic heterocycles. The van der Waals surface area contributed by atoms with Crippen molar-refractivity contribution in [2.75, 3.05) is 19.7 Å². The molecule has 2 aromatic rings. The van der Waals surface area contributed by atoms with Crippen LogP contribution >= 0.6 is 11.6 Å². The lowest BCUT2D eigenvalue weighted by atomic mass is 10.0. The predicted molar refractivity (Wildman–Crippen MR) is 110 cm³/mol. The average molecular weight is 399 g/mol. The van der Waals surface area contributed by atoms with Gasteiger partial charge in [-0.05, 0) is 48.7 Å². The van der Waals surface area contributed by atoms with E-state index in [1.54, 1.807) is 41.3 Å². The Morgan fingerprint density at radius 1 is 1.07 bits per heavy atom. The normalized spacial score (nSPS) is 14.8. The van der Waals surface area contributed by atoms with Crippen molar-refractivity contribution in [1.29, 1.82) is 0 Å². The number of hydrogen-bond donors (Lipinski definition) is 1. The maximum atomic E-state index is 12.3. The van der Waals surface area contributed by atoms with Gasteiger partial charge in [0.25, 0.3) is 5.91 Å². The molecule has 6 heteroatoms. The molecule has 146 valence electrons. The molecule has 1 fully saturated rings. The second-order valence-electron chi connectivity index (χ2n) is 6.65. The van der Waals surface area contributed by atoms with Crippen LogP contribution in [0.5, 0.6) is 5.75 Å². The van der Waals surface area contributed by atoms with Gasteiger partial charge in [-0.3, -0.25) is 9.59 Å². The van der Waals surface area contributed by atoms with Crippen LogP contribution in [0.15, 0.2) is 60.7 Å². The first-order valence-electron chi connectivity index (χ1n) is 9.30. The summed E-state index contributed by atoms with van der Waals surface area (Å²) in [5.74, 6) is 0.452. The molecule has 3 rings (SSSR count). The molecule has 1 N–H and O–H groups in total. The third-order valence-electron chi connectivity index (χ3n) is 4.60. The summed E-state index contributed by atoms with van der Waals surface area (Å²) in [5.41, 5.74) is 0.985. The number of nitrogens with one attached hydrogen (secondary N) is 1. The van der Waals surface area contributed by atoms with Crippen LogP contribution in [0.25, 0.3) is 6.08 Å². The summed E-state index contributed by atoms with van der Waals surface area (Å²) < 4.78 is 5.51. The molecule has 1 saturated heterocycles. The molecule has 0 atom stereocenters. The van der Waals surface area contributed by atoms with Gasteiger partial charge >= 0.3 is 0 Å². The first-order valence-corrected chi connectivity index (χ1v) is 9.68. The highest BCUT2D eigenvalue weighted by Gasteiger charge is 2.23. The summed E-state index contributed by atoms with van der Waals surface area (Å²) in [5, 5.41) is 3.63. The van der Waals surface area contributed by atoms with Crippen LogP contribution in [0.3, 0.4) is 0 Å². The number of piperidine rings is 1. The van der Waals surface area contributed by atoms with Crippen molar-refractivity contribution in [1.82, 2.24) is 10.2 Å². The lowest BCUT2D eigenvalue weighted by molar-refractivity contribution is -0.134. The molecule has 0 aliphatic carbocycles. The molecule has 1 aliphatic rings. The standard InChI is InChI=1S/C22H23ClN2O3/c23-18-7-9-20(10-8-18)28-16-22(27)25-14-12-19(13-15-25)24-21(26)11-6-17-4-2-1-3-5-17/h1-11,19H,12-16H2,(H,24,26)/b11-6+. The molecule has 1 aliphatic heterocycles. The highest BCUT2D eigenvalue weighted by atomic mass is 35.5. The van der Waals surface area contributed by atoms with E-state index in [-0.39, 0.29) is 24.5 Å². The maximum absolute atomic E-state index is 12.3. The Bertz CT molecular complexity index is 813. The molecule has 1 heterocycles. The van der Waals surface area contributed by atoms with Crippen LogP contribution in [0.4, 0.5) is 0 Å². The Morgan fingerprint density at radius 2 is 1.75 bits per heavy atom. The van der Waals surface area contributed by atoms with E-state index < -0.39 is 0 Å². The highest BCUT2D eigenvalue weighted by molar-refractivity contribution is 6.30. The molecule has 0 unspecified atom stereocenters. The molecule has 0 saturated carbocycles. The van der Waals surface area contributed by atoms with Crippen molar-refractivity contribution in [3.05, 3.63) is 71.3 Å². The van der Waals surface area contributed by atoms with Gasteiger partial charge in [0.15, 0.2) is 6.61 Å². The Balaban J connectivity index is 1.38. The molecule has 5 nitrogen and oxygen atoms in total. The van der Waals surface area contributed by atoms with Crippen LogP contribution in [0.1, 0.15) is 18.4 Å². The molecule has 0 radical (unpaired) electrons. The summed E-state index contributed by atoms with van der Waals surface area (Å²) >= 11 is 5.83. The average Bonchev–Trinajstić information content (AvgIpc) is 2.73. The maximum Gasteiger partial charge on any atom is 0.260 e. The van der Waals surface area contributed by atoms with Gasteiger partial charge in [0, 0.05) is 30.2 Å². The summed E-state index contributed by atoms with van der Waals surface area (Å²) in [6.45, 7) is 1.21. The number of ether oxygens (including phenoxy) is 1. The van der Waals surface area contributed by atoms with Gasteiger partial charge in [0.2, 0.25) is 5.91 Å². The number of carbonyl (C=O) groups excluding carboxylic acids is 2.